The van der Waals surface area contributed by atoms with Crippen molar-refractivity contribution in [3.8, 4) is 0 Å². The molecule has 0 bridgehead atoms. The van der Waals surface area contributed by atoms with Gasteiger partial charge in [-0.3, -0.25) is 23.4 Å². The molecular weight excluding hydrogens is 769 g/mol. The first-order chi connectivity index (χ1) is 28.6. The molecule has 0 heterocycles. The van der Waals surface area contributed by atoms with Crippen molar-refractivity contribution in [3.63, 3.8) is 0 Å². The number of carboxylic acids is 1. The van der Waals surface area contributed by atoms with Crippen LogP contribution in [0.2, 0.25) is 0 Å². The Morgan fingerprint density at radius 1 is 0.525 bits per heavy atom. The minimum atomic E-state index is -4.74. The molecule has 0 saturated heterocycles. The molecule has 0 fully saturated rings. The average molecular weight is 852 g/mol. The molecule has 3 atom stereocenters. The maximum atomic E-state index is 12.6. The topological polar surface area (TPSA) is 172 Å². The quantitative estimate of drug-likeness (QED) is 0.0231. The fourth-order valence-electron chi connectivity index (χ4n) is 5.93. The summed E-state index contributed by atoms with van der Waals surface area (Å²) in [6.45, 7) is 2.71. The lowest BCUT2D eigenvalue weighted by Gasteiger charge is -2.20. The van der Waals surface area contributed by atoms with Gasteiger partial charge < -0.3 is 25.2 Å². The zero-order valence-corrected chi connectivity index (χ0v) is 37.7. The maximum absolute atomic E-state index is 12.6. The number of hydrogen-bond donors (Lipinski definition) is 3. The lowest BCUT2D eigenvalue weighted by molar-refractivity contribution is -0.161. The molecule has 0 aliphatic rings. The first-order valence-electron chi connectivity index (χ1n) is 22.8. The molecule has 0 spiro atoms. The van der Waals surface area contributed by atoms with Crippen molar-refractivity contribution >= 4 is 25.7 Å². The van der Waals surface area contributed by atoms with Gasteiger partial charge in [0.25, 0.3) is 0 Å². The van der Waals surface area contributed by atoms with E-state index >= 15 is 0 Å². The van der Waals surface area contributed by atoms with E-state index in [0.717, 1.165) is 51.4 Å². The molecule has 59 heavy (non-hydrogen) atoms. The van der Waals surface area contributed by atoms with Crippen LogP contribution in [-0.2, 0) is 37.5 Å². The number of carboxylic acid groups (broad SMARTS) is 1. The van der Waals surface area contributed by atoms with Crippen LogP contribution in [0.15, 0.2) is 60.8 Å². The van der Waals surface area contributed by atoms with Crippen molar-refractivity contribution in [1.29, 1.82) is 0 Å². The molecule has 0 radical (unpaired) electrons. The van der Waals surface area contributed by atoms with Crippen LogP contribution in [0.5, 0.6) is 0 Å². The summed E-state index contributed by atoms with van der Waals surface area (Å²) in [6.07, 6.45) is 48.7. The highest BCUT2D eigenvalue weighted by atomic mass is 31.2. The lowest BCUT2D eigenvalue weighted by atomic mass is 10.0. The predicted octanol–water partition coefficient (Wildman–Crippen LogP) is 12.3. The van der Waals surface area contributed by atoms with E-state index < -0.39 is 51.1 Å². The summed E-state index contributed by atoms with van der Waals surface area (Å²) < 4.78 is 32.6. The number of allylic oxidation sites excluding steroid dienone is 10. The van der Waals surface area contributed by atoms with E-state index in [9.17, 15) is 23.8 Å². The summed E-state index contributed by atoms with van der Waals surface area (Å²) in [5.74, 6) is -2.48. The van der Waals surface area contributed by atoms with Crippen LogP contribution in [0.4, 0.5) is 0 Å². The van der Waals surface area contributed by atoms with Crippen molar-refractivity contribution in [3.05, 3.63) is 60.8 Å². The molecule has 340 valence electrons. The summed E-state index contributed by atoms with van der Waals surface area (Å²) in [4.78, 5) is 46.0. The molecule has 4 N–H and O–H groups in total. The predicted molar refractivity (Wildman–Crippen MR) is 240 cm³/mol. The number of phosphoric ester groups is 1. The monoisotopic (exact) mass is 852 g/mol. The fraction of sp³-hybridized carbons (Fsp3) is 0.723. The molecule has 0 aliphatic carbocycles. The van der Waals surface area contributed by atoms with Gasteiger partial charge in [-0.15, -0.1) is 0 Å². The van der Waals surface area contributed by atoms with E-state index in [2.05, 4.69) is 67.0 Å². The van der Waals surface area contributed by atoms with E-state index in [1.165, 1.54) is 96.3 Å². The molecule has 0 aromatic carbocycles. The standard InChI is InChI=1S/C47H82NO10P/c1-3-5-7-9-11-13-15-17-19-21-22-23-25-27-29-31-33-35-37-39-46(50)58-43(41-56-59(53,54)57-42-44(48)47(51)52)40-55-45(49)38-36-34-32-30-28-26-24-20-18-16-14-12-10-8-6-4-2/h11,13,17,19,22-23,27,29,33,35,43-44H,3-10,12,14-16,18,20-21,24-26,28,30-32,34,36-42,48H2,1-2H3,(H,51,52)(H,53,54)/b13-11+,19-17+,23-22+,29-27+,35-33+/t43-,44+/m1/s1. The van der Waals surface area contributed by atoms with Gasteiger partial charge in [-0.05, 0) is 51.4 Å². The maximum Gasteiger partial charge on any atom is 0.472 e. The molecule has 0 aromatic heterocycles. The van der Waals surface area contributed by atoms with Crippen molar-refractivity contribution in [2.24, 2.45) is 5.73 Å². The molecule has 11 nitrogen and oxygen atoms in total. The Kier molecular flexibility index (Phi) is 39.9. The van der Waals surface area contributed by atoms with Crippen LogP contribution in [-0.4, -0.2) is 59.9 Å². The van der Waals surface area contributed by atoms with Gasteiger partial charge in [-0.25, -0.2) is 4.57 Å². The van der Waals surface area contributed by atoms with Crippen LogP contribution in [0.25, 0.3) is 0 Å². The smallest absolute Gasteiger partial charge is 0.472 e. The van der Waals surface area contributed by atoms with Gasteiger partial charge in [0.2, 0.25) is 0 Å². The minimum Gasteiger partial charge on any atom is -0.480 e. The Bertz CT molecular complexity index is 1230. The van der Waals surface area contributed by atoms with Crippen molar-refractivity contribution in [1.82, 2.24) is 0 Å². The zero-order chi connectivity index (χ0) is 43.5. The Morgan fingerprint density at radius 2 is 0.932 bits per heavy atom. The molecule has 0 saturated carbocycles. The number of rotatable bonds is 42. The minimum absolute atomic E-state index is 0.0372. The number of unbranched alkanes of at least 4 members (excludes halogenated alkanes) is 18. The SMILES string of the molecule is CCCCC/C=C/C/C=C/C/C=C/C/C=C/C/C=C/CCC(=O)O[C@H](COC(=O)CCCCCCCCCCCCCCCCCC)COP(=O)(O)OC[C@H](N)C(=O)O. The van der Waals surface area contributed by atoms with E-state index in [1.54, 1.807) is 0 Å². The van der Waals surface area contributed by atoms with Gasteiger partial charge >= 0.3 is 25.7 Å². The van der Waals surface area contributed by atoms with Crippen LogP contribution >= 0.6 is 7.82 Å². The Morgan fingerprint density at radius 3 is 1.41 bits per heavy atom. The third-order valence-corrected chi connectivity index (χ3v) is 10.5. The number of ether oxygens (including phenoxy) is 2. The molecule has 0 aromatic rings. The zero-order valence-electron chi connectivity index (χ0n) is 36.8. The van der Waals surface area contributed by atoms with Crippen molar-refractivity contribution < 1.29 is 47.5 Å². The van der Waals surface area contributed by atoms with Gasteiger partial charge in [0.05, 0.1) is 13.2 Å². The van der Waals surface area contributed by atoms with E-state index in [0.29, 0.717) is 12.8 Å². The summed E-state index contributed by atoms with van der Waals surface area (Å²) in [5.41, 5.74) is 5.33. The third kappa shape index (κ3) is 41.7. The van der Waals surface area contributed by atoms with Gasteiger partial charge in [-0.1, -0.05) is 184 Å². The number of phosphoric acid groups is 1. The van der Waals surface area contributed by atoms with Crippen LogP contribution in [0.1, 0.15) is 187 Å². The number of nitrogens with two attached hydrogens (primary N) is 1. The fourth-order valence-corrected chi connectivity index (χ4v) is 6.71. The highest BCUT2D eigenvalue weighted by molar-refractivity contribution is 7.47. The Hall–Kier alpha value is -2.82. The van der Waals surface area contributed by atoms with Gasteiger partial charge in [0, 0.05) is 12.8 Å². The largest absolute Gasteiger partial charge is 0.480 e. The van der Waals surface area contributed by atoms with Crippen LogP contribution < -0.4 is 5.73 Å². The first kappa shape index (κ1) is 56.2. The van der Waals surface area contributed by atoms with Gasteiger partial charge in [-0.2, -0.15) is 0 Å². The summed E-state index contributed by atoms with van der Waals surface area (Å²) in [7, 11) is -4.74. The van der Waals surface area contributed by atoms with Crippen molar-refractivity contribution in [2.75, 3.05) is 19.8 Å². The number of hydrogen-bond acceptors (Lipinski definition) is 9. The molecule has 1 unspecified atom stereocenters. The highest BCUT2D eigenvalue weighted by Crippen LogP contribution is 2.43. The number of carbonyl (C=O) groups is 3. The molecule has 0 aliphatic heterocycles. The average Bonchev–Trinajstić information content (AvgIpc) is 3.21. The Balaban J connectivity index is 4.46. The summed E-state index contributed by atoms with van der Waals surface area (Å²) in [6, 6.07) is -1.53. The van der Waals surface area contributed by atoms with Gasteiger partial charge in [0.15, 0.2) is 6.10 Å². The third-order valence-electron chi connectivity index (χ3n) is 9.53. The normalized spacial score (nSPS) is 14.2. The number of esters is 2. The molecule has 0 rings (SSSR count). The molecule has 0 amide bonds. The van der Waals surface area contributed by atoms with E-state index in [-0.39, 0.29) is 19.4 Å². The van der Waals surface area contributed by atoms with E-state index in [1.807, 2.05) is 12.2 Å². The highest BCUT2D eigenvalue weighted by Gasteiger charge is 2.28. The molecular formula is C47H82NO10P. The lowest BCUT2D eigenvalue weighted by Crippen LogP contribution is -2.34. The Labute approximate surface area is 357 Å². The number of aliphatic carboxylic acids is 1. The number of carbonyl (C=O) groups excluding carboxylic acids is 2. The summed E-state index contributed by atoms with van der Waals surface area (Å²) in [5, 5.41) is 8.89. The van der Waals surface area contributed by atoms with Gasteiger partial charge in [0.1, 0.15) is 12.6 Å². The van der Waals surface area contributed by atoms with Crippen LogP contribution in [0, 0.1) is 0 Å². The second-order valence-corrected chi connectivity index (χ2v) is 16.6. The second kappa shape index (κ2) is 41.9. The second-order valence-electron chi connectivity index (χ2n) is 15.2. The van der Waals surface area contributed by atoms with Crippen molar-refractivity contribution in [2.45, 2.75) is 199 Å². The molecule has 12 heteroatoms. The van der Waals surface area contributed by atoms with Crippen LogP contribution in [0.3, 0.4) is 0 Å². The van der Waals surface area contributed by atoms with E-state index in [4.69, 9.17) is 24.8 Å². The summed E-state index contributed by atoms with van der Waals surface area (Å²) >= 11 is 0. The first-order valence-corrected chi connectivity index (χ1v) is 24.3.